The first-order valence-electron chi connectivity index (χ1n) is 8.94. The molecule has 0 radical (unpaired) electrons. The van der Waals surface area contributed by atoms with Gasteiger partial charge in [-0.3, -0.25) is 0 Å². The van der Waals surface area contributed by atoms with Crippen molar-refractivity contribution in [3.05, 3.63) is 48.3 Å². The van der Waals surface area contributed by atoms with Crippen molar-refractivity contribution in [1.29, 1.82) is 0 Å². The van der Waals surface area contributed by atoms with E-state index in [-0.39, 0.29) is 42.3 Å². The fraction of sp³-hybridized carbons (Fsp3) is 0.444. The first-order chi connectivity index (χ1) is 13.2. The molecule has 8 nitrogen and oxygen atoms in total. The molecule has 0 unspecified atom stereocenters. The van der Waals surface area contributed by atoms with Crippen LogP contribution >= 0.6 is 0 Å². The monoisotopic (exact) mass is 423 g/mol. The van der Waals surface area contributed by atoms with Crippen molar-refractivity contribution in [3.63, 3.8) is 0 Å². The van der Waals surface area contributed by atoms with Gasteiger partial charge in [0.05, 0.1) is 17.3 Å². The molecule has 3 heterocycles. The Morgan fingerprint density at radius 3 is 2.46 bits per heavy atom. The van der Waals surface area contributed by atoms with E-state index in [2.05, 4.69) is 9.97 Å². The number of aryl methyl sites for hydroxylation is 1. The van der Waals surface area contributed by atoms with Crippen LogP contribution in [0.1, 0.15) is 12.0 Å². The quantitative estimate of drug-likeness (QED) is 0.707. The molecule has 4 rings (SSSR count). The Kier molecular flexibility index (Phi) is 4.67. The van der Waals surface area contributed by atoms with E-state index in [1.54, 1.807) is 42.7 Å². The number of aromatic nitrogens is 2. The molecule has 2 aromatic rings. The second-order valence-corrected chi connectivity index (χ2v) is 11.7. The Labute approximate surface area is 164 Å². The summed E-state index contributed by atoms with van der Waals surface area (Å²) in [5.74, 6) is -0.263. The number of ether oxygens (including phenoxy) is 1. The third-order valence-corrected chi connectivity index (χ3v) is 10.0. The molecular formula is C18H21N3O5S2. The Hall–Kier alpha value is -2.04. The van der Waals surface area contributed by atoms with E-state index in [4.69, 9.17) is 4.74 Å². The third-order valence-electron chi connectivity index (χ3n) is 5.60. The summed E-state index contributed by atoms with van der Waals surface area (Å²) in [5.41, 5.74) is 0.956. The lowest BCUT2D eigenvalue weighted by molar-refractivity contribution is 0.121. The molecule has 10 heteroatoms. The molecular weight excluding hydrogens is 402 g/mol. The first kappa shape index (κ1) is 19.3. The molecule has 0 saturated carbocycles. The van der Waals surface area contributed by atoms with Crippen LogP contribution in [0.2, 0.25) is 0 Å². The van der Waals surface area contributed by atoms with Gasteiger partial charge in [0, 0.05) is 31.4 Å². The summed E-state index contributed by atoms with van der Waals surface area (Å²) in [5, 5.41) is 0. The minimum absolute atomic E-state index is 0.0368. The number of benzene rings is 1. The van der Waals surface area contributed by atoms with Crippen molar-refractivity contribution in [2.24, 2.45) is 5.92 Å². The molecule has 2 aliphatic heterocycles. The first-order valence-corrected chi connectivity index (χ1v) is 12.0. The van der Waals surface area contributed by atoms with Crippen LogP contribution in [0.15, 0.2) is 47.6 Å². The summed E-state index contributed by atoms with van der Waals surface area (Å²) in [4.78, 5) is 8.13. The van der Waals surface area contributed by atoms with Crippen LogP contribution in [-0.2, 0) is 19.9 Å². The van der Waals surface area contributed by atoms with Gasteiger partial charge in [-0.25, -0.2) is 26.8 Å². The van der Waals surface area contributed by atoms with Gasteiger partial charge in [0.2, 0.25) is 10.0 Å². The Morgan fingerprint density at radius 2 is 1.82 bits per heavy atom. The van der Waals surface area contributed by atoms with Crippen molar-refractivity contribution in [3.8, 4) is 6.01 Å². The van der Waals surface area contributed by atoms with Crippen LogP contribution in [-0.4, -0.2) is 61.3 Å². The van der Waals surface area contributed by atoms with Crippen LogP contribution in [0.4, 0.5) is 0 Å². The summed E-state index contributed by atoms with van der Waals surface area (Å²) < 4.78 is 56.9. The highest BCUT2D eigenvalue weighted by Crippen LogP contribution is 2.46. The summed E-state index contributed by atoms with van der Waals surface area (Å²) >= 11 is 0. The van der Waals surface area contributed by atoms with Crippen LogP contribution in [0, 0.1) is 12.8 Å². The summed E-state index contributed by atoms with van der Waals surface area (Å²) in [6.07, 6.45) is 3.53. The molecule has 0 amide bonds. The van der Waals surface area contributed by atoms with Gasteiger partial charge in [0.15, 0.2) is 9.84 Å². The minimum Gasteiger partial charge on any atom is -0.463 e. The lowest BCUT2D eigenvalue weighted by Crippen LogP contribution is -2.68. The number of sulfone groups is 1. The fourth-order valence-corrected chi connectivity index (χ4v) is 7.97. The van der Waals surface area contributed by atoms with Crippen molar-refractivity contribution < 1.29 is 21.6 Å². The Balaban J connectivity index is 1.52. The van der Waals surface area contributed by atoms with Crippen LogP contribution in [0.25, 0.3) is 0 Å². The van der Waals surface area contributed by atoms with Gasteiger partial charge in [-0.1, -0.05) is 17.7 Å². The molecule has 2 fully saturated rings. The van der Waals surface area contributed by atoms with Gasteiger partial charge in [-0.2, -0.15) is 4.31 Å². The van der Waals surface area contributed by atoms with Gasteiger partial charge in [-0.05, 0) is 31.5 Å². The lowest BCUT2D eigenvalue weighted by Gasteiger charge is -2.48. The van der Waals surface area contributed by atoms with Gasteiger partial charge >= 0.3 is 6.01 Å². The molecule has 1 aromatic heterocycles. The molecule has 28 heavy (non-hydrogen) atoms. The second-order valence-electron chi connectivity index (χ2n) is 7.30. The van der Waals surface area contributed by atoms with E-state index in [0.29, 0.717) is 6.42 Å². The van der Waals surface area contributed by atoms with Crippen molar-refractivity contribution in [2.75, 3.05) is 25.4 Å². The molecule has 2 aliphatic rings. The zero-order valence-electron chi connectivity index (χ0n) is 15.4. The van der Waals surface area contributed by atoms with Crippen molar-refractivity contribution in [1.82, 2.24) is 14.3 Å². The third kappa shape index (κ3) is 3.09. The average molecular weight is 424 g/mol. The maximum atomic E-state index is 12.8. The molecule has 0 aliphatic carbocycles. The zero-order valence-corrected chi connectivity index (χ0v) is 17.0. The van der Waals surface area contributed by atoms with E-state index in [9.17, 15) is 16.8 Å². The average Bonchev–Trinajstić information content (AvgIpc) is 2.90. The fourth-order valence-electron chi connectivity index (χ4n) is 3.82. The number of rotatable bonds is 5. The van der Waals surface area contributed by atoms with Crippen LogP contribution in [0.5, 0.6) is 6.01 Å². The van der Waals surface area contributed by atoms with Gasteiger partial charge < -0.3 is 4.74 Å². The molecule has 2 saturated heterocycles. The van der Waals surface area contributed by atoms with E-state index in [1.165, 1.54) is 4.31 Å². The predicted molar refractivity (Wildman–Crippen MR) is 102 cm³/mol. The highest BCUT2D eigenvalue weighted by molar-refractivity contribution is 7.93. The minimum atomic E-state index is -3.72. The highest BCUT2D eigenvalue weighted by Gasteiger charge is 2.64. The maximum absolute atomic E-state index is 12.8. The van der Waals surface area contributed by atoms with E-state index < -0.39 is 24.6 Å². The Morgan fingerprint density at radius 1 is 1.18 bits per heavy atom. The van der Waals surface area contributed by atoms with E-state index in [0.717, 1.165) is 5.56 Å². The van der Waals surface area contributed by atoms with Crippen molar-refractivity contribution in [2.45, 2.75) is 23.0 Å². The van der Waals surface area contributed by atoms with Gasteiger partial charge in [0.1, 0.15) is 4.75 Å². The van der Waals surface area contributed by atoms with Crippen molar-refractivity contribution >= 4 is 19.9 Å². The molecule has 1 aromatic carbocycles. The smallest absolute Gasteiger partial charge is 0.316 e. The number of nitrogens with zero attached hydrogens (tertiary/aromatic N) is 3. The summed E-state index contributed by atoms with van der Waals surface area (Å²) in [7, 11) is -7.13. The normalized spacial score (nSPS) is 23.4. The van der Waals surface area contributed by atoms with Crippen LogP contribution < -0.4 is 4.74 Å². The standard InChI is InChI=1S/C18H21N3O5S2/c1-14-3-5-16(6-4-14)28(24,25)21-12-18(13-21)15(7-10-27(18,22)23)11-26-17-19-8-2-9-20-17/h2-6,8-9,15H,7,10-13H2,1H3/t15-/m0/s1. The van der Waals surface area contributed by atoms with E-state index in [1.807, 2.05) is 6.92 Å². The lowest BCUT2D eigenvalue weighted by atomic mass is 9.85. The molecule has 150 valence electrons. The van der Waals surface area contributed by atoms with Crippen LogP contribution in [0.3, 0.4) is 0 Å². The Bertz CT molecular complexity index is 1060. The number of sulfonamides is 1. The van der Waals surface area contributed by atoms with E-state index >= 15 is 0 Å². The summed E-state index contributed by atoms with van der Waals surface area (Å²) in [6.45, 7) is 1.92. The number of hydrogen-bond donors (Lipinski definition) is 0. The topological polar surface area (TPSA) is 107 Å². The highest BCUT2D eigenvalue weighted by atomic mass is 32.2. The summed E-state index contributed by atoms with van der Waals surface area (Å²) in [6, 6.07) is 8.40. The molecule has 0 N–H and O–H groups in total. The maximum Gasteiger partial charge on any atom is 0.316 e. The molecule has 1 spiro atoms. The predicted octanol–water partition coefficient (Wildman–Crippen LogP) is 1.04. The van der Waals surface area contributed by atoms with Gasteiger partial charge in [-0.15, -0.1) is 0 Å². The molecule has 1 atom stereocenters. The van der Waals surface area contributed by atoms with Gasteiger partial charge in [0.25, 0.3) is 0 Å². The largest absolute Gasteiger partial charge is 0.463 e. The SMILES string of the molecule is Cc1ccc(S(=O)(=O)N2CC3(C2)[C@H](COc2ncccn2)CCS3(=O)=O)cc1. The number of hydrogen-bond acceptors (Lipinski definition) is 7. The zero-order chi connectivity index (χ0) is 20.0. The molecule has 0 bridgehead atoms. The second kappa shape index (κ2) is 6.78.